The summed E-state index contributed by atoms with van der Waals surface area (Å²) in [6.45, 7) is 3.39. The highest BCUT2D eigenvalue weighted by Crippen LogP contribution is 2.12. The molecule has 0 aliphatic carbocycles. The van der Waals surface area contributed by atoms with Crippen LogP contribution in [0.25, 0.3) is 5.69 Å². The van der Waals surface area contributed by atoms with E-state index in [9.17, 15) is 9.18 Å². The van der Waals surface area contributed by atoms with Crippen LogP contribution in [0.4, 0.5) is 4.39 Å². The monoisotopic (exact) mass is 304 g/mol. The number of aromatic nitrogens is 2. The van der Waals surface area contributed by atoms with E-state index in [1.54, 1.807) is 22.9 Å². The molecule has 118 valence electrons. The minimum atomic E-state index is -0.299. The summed E-state index contributed by atoms with van der Waals surface area (Å²) in [7, 11) is 3.99. The zero-order valence-corrected chi connectivity index (χ0v) is 13.1. The second-order valence-corrected chi connectivity index (χ2v) is 5.47. The molecular weight excluding hydrogens is 283 g/mol. The Kier molecular flexibility index (Phi) is 5.27. The molecule has 0 spiro atoms. The molecule has 1 heterocycles. The van der Waals surface area contributed by atoms with Crippen molar-refractivity contribution in [1.29, 1.82) is 0 Å². The van der Waals surface area contributed by atoms with Gasteiger partial charge < -0.3 is 10.2 Å². The molecule has 5 nitrogen and oxygen atoms in total. The number of nitrogens with one attached hydrogen (secondary N) is 1. The van der Waals surface area contributed by atoms with Crippen molar-refractivity contribution in [3.63, 3.8) is 0 Å². The Morgan fingerprint density at radius 2 is 2.00 bits per heavy atom. The molecule has 1 N–H and O–H groups in total. The van der Waals surface area contributed by atoms with Gasteiger partial charge in [0.2, 0.25) is 0 Å². The number of carbonyl (C=O) groups is 1. The molecule has 0 unspecified atom stereocenters. The molecule has 0 radical (unpaired) electrons. The number of amides is 1. The van der Waals surface area contributed by atoms with Crippen LogP contribution in [0, 0.1) is 12.7 Å². The first-order valence-corrected chi connectivity index (χ1v) is 7.23. The van der Waals surface area contributed by atoms with Crippen molar-refractivity contribution < 1.29 is 9.18 Å². The molecule has 1 aromatic heterocycles. The number of aryl methyl sites for hydroxylation is 1. The van der Waals surface area contributed by atoms with Crippen molar-refractivity contribution in [3.05, 3.63) is 47.5 Å². The average molecular weight is 304 g/mol. The van der Waals surface area contributed by atoms with Gasteiger partial charge in [0.05, 0.1) is 5.69 Å². The van der Waals surface area contributed by atoms with Gasteiger partial charge in [-0.25, -0.2) is 9.07 Å². The van der Waals surface area contributed by atoms with Crippen LogP contribution in [-0.4, -0.2) is 47.8 Å². The third-order valence-electron chi connectivity index (χ3n) is 3.26. The summed E-state index contributed by atoms with van der Waals surface area (Å²) in [5.74, 6) is -0.491. The average Bonchev–Trinajstić information content (AvgIpc) is 2.86. The van der Waals surface area contributed by atoms with E-state index in [1.165, 1.54) is 12.1 Å². The summed E-state index contributed by atoms with van der Waals surface area (Å²) < 4.78 is 14.6. The Morgan fingerprint density at radius 3 is 2.64 bits per heavy atom. The number of hydrogen-bond acceptors (Lipinski definition) is 3. The van der Waals surface area contributed by atoms with Crippen molar-refractivity contribution in [3.8, 4) is 5.69 Å². The highest BCUT2D eigenvalue weighted by Gasteiger charge is 2.12. The first-order valence-electron chi connectivity index (χ1n) is 7.23. The maximum Gasteiger partial charge on any atom is 0.271 e. The van der Waals surface area contributed by atoms with E-state index in [0.717, 1.165) is 24.3 Å². The van der Waals surface area contributed by atoms with Crippen molar-refractivity contribution in [2.45, 2.75) is 13.3 Å². The number of hydrogen-bond donors (Lipinski definition) is 1. The van der Waals surface area contributed by atoms with Crippen molar-refractivity contribution in [2.75, 3.05) is 27.2 Å². The summed E-state index contributed by atoms with van der Waals surface area (Å²) in [6.07, 6.45) is 0.885. The molecule has 1 aromatic carbocycles. The lowest BCUT2D eigenvalue weighted by Crippen LogP contribution is -2.27. The third kappa shape index (κ3) is 4.14. The molecule has 2 rings (SSSR count). The SMILES string of the molecule is Cc1cc(C(=O)NCCCN(C)C)nn1-c1ccc(F)cc1. The molecule has 22 heavy (non-hydrogen) atoms. The van der Waals surface area contributed by atoms with E-state index in [-0.39, 0.29) is 11.7 Å². The predicted molar refractivity (Wildman–Crippen MR) is 83.8 cm³/mol. The standard InChI is InChI=1S/C16H21FN4O/c1-12-11-15(16(22)18-9-4-10-20(2)3)19-21(12)14-7-5-13(17)6-8-14/h5-8,11H,4,9-10H2,1-3H3,(H,18,22). The van der Waals surface area contributed by atoms with Gasteiger partial charge in [0, 0.05) is 12.2 Å². The molecule has 2 aromatic rings. The van der Waals surface area contributed by atoms with E-state index in [2.05, 4.69) is 15.3 Å². The van der Waals surface area contributed by atoms with Crippen LogP contribution in [0.5, 0.6) is 0 Å². The summed E-state index contributed by atoms with van der Waals surface area (Å²) in [5, 5.41) is 7.15. The molecule has 1 amide bonds. The molecule has 0 atom stereocenters. The van der Waals surface area contributed by atoms with Gasteiger partial charge in [0.1, 0.15) is 5.82 Å². The van der Waals surface area contributed by atoms with Crippen molar-refractivity contribution in [1.82, 2.24) is 20.0 Å². The molecule has 0 aliphatic heterocycles. The Bertz CT molecular complexity index is 634. The summed E-state index contributed by atoms with van der Waals surface area (Å²) in [5.41, 5.74) is 1.92. The molecule has 0 bridgehead atoms. The molecule has 0 aliphatic rings. The fourth-order valence-corrected chi connectivity index (χ4v) is 2.12. The first-order chi connectivity index (χ1) is 10.5. The number of benzene rings is 1. The molecule has 0 fully saturated rings. The highest BCUT2D eigenvalue weighted by atomic mass is 19.1. The lowest BCUT2D eigenvalue weighted by molar-refractivity contribution is 0.0947. The topological polar surface area (TPSA) is 50.2 Å². The van der Waals surface area contributed by atoms with Crippen LogP contribution < -0.4 is 5.32 Å². The van der Waals surface area contributed by atoms with E-state index in [4.69, 9.17) is 0 Å². The van der Waals surface area contributed by atoms with Crippen molar-refractivity contribution in [2.24, 2.45) is 0 Å². The minimum absolute atomic E-state index is 0.192. The zero-order chi connectivity index (χ0) is 16.1. The zero-order valence-electron chi connectivity index (χ0n) is 13.1. The highest BCUT2D eigenvalue weighted by molar-refractivity contribution is 5.92. The Hall–Kier alpha value is -2.21. The fraction of sp³-hybridized carbons (Fsp3) is 0.375. The summed E-state index contributed by atoms with van der Waals surface area (Å²) >= 11 is 0. The molecule has 0 saturated carbocycles. The maximum atomic E-state index is 13.0. The normalized spacial score (nSPS) is 11.0. The smallest absolute Gasteiger partial charge is 0.271 e. The second-order valence-electron chi connectivity index (χ2n) is 5.47. The van der Waals surface area contributed by atoms with Gasteiger partial charge in [0.25, 0.3) is 5.91 Å². The van der Waals surface area contributed by atoms with Crippen LogP contribution in [0.15, 0.2) is 30.3 Å². The van der Waals surface area contributed by atoms with Gasteiger partial charge in [-0.2, -0.15) is 5.10 Å². The van der Waals surface area contributed by atoms with Crippen LogP contribution in [0.3, 0.4) is 0 Å². The number of carbonyl (C=O) groups excluding carboxylic acids is 1. The molecule has 0 saturated heterocycles. The minimum Gasteiger partial charge on any atom is -0.351 e. The van der Waals surface area contributed by atoms with Gasteiger partial charge >= 0.3 is 0 Å². The van der Waals surface area contributed by atoms with Crippen LogP contribution >= 0.6 is 0 Å². The van der Waals surface area contributed by atoms with Crippen LogP contribution in [-0.2, 0) is 0 Å². The van der Waals surface area contributed by atoms with E-state index >= 15 is 0 Å². The molecule has 6 heteroatoms. The lowest BCUT2D eigenvalue weighted by Gasteiger charge is -2.09. The number of nitrogens with zero attached hydrogens (tertiary/aromatic N) is 3. The summed E-state index contributed by atoms with van der Waals surface area (Å²) in [4.78, 5) is 14.1. The molecular formula is C16H21FN4O. The number of halogens is 1. The maximum absolute atomic E-state index is 13.0. The fourth-order valence-electron chi connectivity index (χ4n) is 2.12. The van der Waals surface area contributed by atoms with Crippen LogP contribution in [0.2, 0.25) is 0 Å². The third-order valence-corrected chi connectivity index (χ3v) is 3.26. The Morgan fingerprint density at radius 1 is 1.32 bits per heavy atom. The van der Waals surface area contributed by atoms with Crippen LogP contribution in [0.1, 0.15) is 22.6 Å². The quantitative estimate of drug-likeness (QED) is 0.831. The second kappa shape index (κ2) is 7.17. The Balaban J connectivity index is 2.02. The van der Waals surface area contributed by atoms with E-state index < -0.39 is 0 Å². The van der Waals surface area contributed by atoms with Crippen molar-refractivity contribution >= 4 is 5.91 Å². The van der Waals surface area contributed by atoms with Gasteiger partial charge in [0.15, 0.2) is 5.69 Å². The first kappa shape index (κ1) is 16.2. The van der Waals surface area contributed by atoms with E-state index in [1.807, 2.05) is 21.0 Å². The predicted octanol–water partition coefficient (Wildman–Crippen LogP) is 2.00. The van der Waals surface area contributed by atoms with E-state index in [0.29, 0.717) is 12.2 Å². The Labute approximate surface area is 129 Å². The van der Waals surface area contributed by atoms with Gasteiger partial charge in [-0.3, -0.25) is 4.79 Å². The van der Waals surface area contributed by atoms with Gasteiger partial charge in [-0.15, -0.1) is 0 Å². The van der Waals surface area contributed by atoms with Gasteiger partial charge in [-0.1, -0.05) is 0 Å². The van der Waals surface area contributed by atoms with Gasteiger partial charge in [-0.05, 0) is 64.3 Å². The largest absolute Gasteiger partial charge is 0.351 e. The number of rotatable bonds is 6. The summed E-state index contributed by atoms with van der Waals surface area (Å²) in [6, 6.07) is 7.74. The lowest BCUT2D eigenvalue weighted by atomic mass is 10.3.